The first-order valence-corrected chi connectivity index (χ1v) is 13.0. The van der Waals surface area contributed by atoms with Crippen LogP contribution in [0.4, 0.5) is 23.0 Å². The highest BCUT2D eigenvalue weighted by Gasteiger charge is 2.32. The van der Waals surface area contributed by atoms with Crippen molar-refractivity contribution in [1.29, 1.82) is 0 Å². The standard InChI is InChI=1S/C31H28N6O2/c38-37(39)29-30(34-27-17-9-15-23-10-7-8-16-26(23)27)32-22-33-31(29)36-20-18-35(19-21-36)28(24-11-3-1-4-12-24)25-13-5-2-6-14-25/h1-17,22,28H,18-21H2,(H,32,33,34). The highest BCUT2D eigenvalue weighted by atomic mass is 16.6. The fraction of sp³-hybridized carbons (Fsp3) is 0.161. The Balaban J connectivity index is 1.27. The normalized spacial score (nSPS) is 14.0. The molecular formula is C31H28N6O2. The number of benzene rings is 4. The molecule has 8 heteroatoms. The molecule has 8 nitrogen and oxygen atoms in total. The minimum absolute atomic E-state index is 0.110. The summed E-state index contributed by atoms with van der Waals surface area (Å²) in [4.78, 5) is 25.0. The van der Waals surface area contributed by atoms with Crippen LogP contribution in [0.25, 0.3) is 10.8 Å². The Morgan fingerprint density at radius 3 is 2.03 bits per heavy atom. The van der Waals surface area contributed by atoms with E-state index in [4.69, 9.17) is 0 Å². The molecule has 1 aliphatic rings. The molecule has 4 aromatic carbocycles. The molecule has 0 saturated carbocycles. The Bertz CT molecular complexity index is 1540. The predicted molar refractivity (Wildman–Crippen MR) is 154 cm³/mol. The molecule has 39 heavy (non-hydrogen) atoms. The maximum atomic E-state index is 12.3. The van der Waals surface area contributed by atoms with Crippen molar-refractivity contribution in [3.8, 4) is 0 Å². The minimum Gasteiger partial charge on any atom is -0.348 e. The lowest BCUT2D eigenvalue weighted by molar-refractivity contribution is -0.383. The van der Waals surface area contributed by atoms with Crippen LogP contribution in [0.3, 0.4) is 0 Å². The first-order valence-electron chi connectivity index (χ1n) is 13.0. The maximum absolute atomic E-state index is 12.3. The molecule has 0 aliphatic carbocycles. The average Bonchev–Trinajstić information content (AvgIpc) is 2.99. The van der Waals surface area contributed by atoms with Gasteiger partial charge >= 0.3 is 5.69 Å². The SMILES string of the molecule is O=[N+]([O-])c1c(Nc2cccc3ccccc23)ncnc1N1CCN(C(c2ccccc2)c2ccccc2)CC1. The molecule has 2 heterocycles. The van der Waals surface area contributed by atoms with Gasteiger partial charge in [-0.3, -0.25) is 15.0 Å². The van der Waals surface area contributed by atoms with Crippen molar-refractivity contribution in [3.63, 3.8) is 0 Å². The molecule has 1 saturated heterocycles. The molecule has 0 radical (unpaired) electrons. The van der Waals surface area contributed by atoms with E-state index in [0.717, 1.165) is 29.5 Å². The van der Waals surface area contributed by atoms with Crippen molar-refractivity contribution >= 4 is 33.8 Å². The third kappa shape index (κ3) is 5.02. The Morgan fingerprint density at radius 1 is 0.744 bits per heavy atom. The highest BCUT2D eigenvalue weighted by molar-refractivity contribution is 5.96. The molecule has 5 aromatic rings. The number of nitro groups is 1. The van der Waals surface area contributed by atoms with E-state index in [0.29, 0.717) is 18.9 Å². The highest BCUT2D eigenvalue weighted by Crippen LogP contribution is 2.37. The first-order chi connectivity index (χ1) is 19.2. The van der Waals surface area contributed by atoms with Crippen molar-refractivity contribution in [2.45, 2.75) is 6.04 Å². The molecule has 1 fully saturated rings. The second kappa shape index (κ2) is 10.9. The Labute approximate surface area is 226 Å². The van der Waals surface area contributed by atoms with Crippen LogP contribution in [0.1, 0.15) is 17.2 Å². The van der Waals surface area contributed by atoms with Gasteiger partial charge in [0.15, 0.2) is 0 Å². The monoisotopic (exact) mass is 516 g/mol. The molecule has 6 rings (SSSR count). The quantitative estimate of drug-likeness (QED) is 0.204. The van der Waals surface area contributed by atoms with Crippen molar-refractivity contribution in [2.24, 2.45) is 0 Å². The molecule has 0 spiro atoms. The first kappa shape index (κ1) is 24.5. The third-order valence-electron chi connectivity index (χ3n) is 7.24. The van der Waals surface area contributed by atoms with Crippen LogP contribution in [0.5, 0.6) is 0 Å². The van der Waals surface area contributed by atoms with Crippen LogP contribution in [0.15, 0.2) is 109 Å². The van der Waals surface area contributed by atoms with Crippen LogP contribution < -0.4 is 10.2 Å². The zero-order chi connectivity index (χ0) is 26.6. The van der Waals surface area contributed by atoms with E-state index in [1.54, 1.807) is 0 Å². The lowest BCUT2D eigenvalue weighted by atomic mass is 9.96. The summed E-state index contributed by atoms with van der Waals surface area (Å²) in [5.74, 6) is 0.531. The number of hydrogen-bond donors (Lipinski definition) is 1. The maximum Gasteiger partial charge on any atom is 0.353 e. The van der Waals surface area contributed by atoms with Crippen LogP contribution in [-0.4, -0.2) is 46.0 Å². The number of hydrogen-bond acceptors (Lipinski definition) is 7. The zero-order valence-electron chi connectivity index (χ0n) is 21.4. The zero-order valence-corrected chi connectivity index (χ0v) is 21.4. The van der Waals surface area contributed by atoms with E-state index in [2.05, 4.69) is 68.7 Å². The van der Waals surface area contributed by atoms with Gasteiger partial charge in [-0.25, -0.2) is 9.97 Å². The average molecular weight is 517 g/mol. The van der Waals surface area contributed by atoms with E-state index < -0.39 is 0 Å². The molecule has 0 amide bonds. The van der Waals surface area contributed by atoms with Crippen LogP contribution in [0, 0.1) is 10.1 Å². The molecule has 1 N–H and O–H groups in total. The van der Waals surface area contributed by atoms with Crippen molar-refractivity contribution in [1.82, 2.24) is 14.9 Å². The molecular weight excluding hydrogens is 488 g/mol. The number of aromatic nitrogens is 2. The van der Waals surface area contributed by atoms with Crippen molar-refractivity contribution in [2.75, 3.05) is 36.4 Å². The van der Waals surface area contributed by atoms with Crippen LogP contribution >= 0.6 is 0 Å². The van der Waals surface area contributed by atoms with Crippen molar-refractivity contribution in [3.05, 3.63) is 131 Å². The van der Waals surface area contributed by atoms with Gasteiger partial charge in [-0.05, 0) is 22.6 Å². The Morgan fingerprint density at radius 2 is 1.36 bits per heavy atom. The van der Waals surface area contributed by atoms with E-state index in [1.807, 2.05) is 59.5 Å². The summed E-state index contributed by atoms with van der Waals surface area (Å²) in [6, 6.07) is 34.8. The summed E-state index contributed by atoms with van der Waals surface area (Å²) in [5, 5.41) is 17.6. The van der Waals surface area contributed by atoms with Gasteiger partial charge in [0, 0.05) is 37.3 Å². The second-order valence-corrected chi connectivity index (χ2v) is 9.55. The minimum atomic E-state index is -0.383. The largest absolute Gasteiger partial charge is 0.353 e. The molecule has 0 unspecified atom stereocenters. The van der Waals surface area contributed by atoms with E-state index in [9.17, 15) is 10.1 Å². The summed E-state index contributed by atoms with van der Waals surface area (Å²) < 4.78 is 0. The van der Waals surface area contributed by atoms with Crippen LogP contribution in [-0.2, 0) is 0 Å². The Kier molecular flexibility index (Phi) is 6.84. The second-order valence-electron chi connectivity index (χ2n) is 9.55. The fourth-order valence-corrected chi connectivity index (χ4v) is 5.40. The predicted octanol–water partition coefficient (Wildman–Crippen LogP) is 6.19. The van der Waals surface area contributed by atoms with Gasteiger partial charge in [-0.2, -0.15) is 0 Å². The van der Waals surface area contributed by atoms with Gasteiger partial charge in [0.05, 0.1) is 11.0 Å². The van der Waals surface area contributed by atoms with Gasteiger partial charge in [-0.15, -0.1) is 0 Å². The lowest BCUT2D eigenvalue weighted by Crippen LogP contribution is -2.48. The smallest absolute Gasteiger partial charge is 0.348 e. The van der Waals surface area contributed by atoms with Crippen molar-refractivity contribution < 1.29 is 4.92 Å². The van der Waals surface area contributed by atoms with Gasteiger partial charge < -0.3 is 10.2 Å². The molecule has 0 atom stereocenters. The number of fused-ring (bicyclic) bond motifs is 1. The molecule has 0 bridgehead atoms. The van der Waals surface area contributed by atoms with Gasteiger partial charge in [0.1, 0.15) is 6.33 Å². The van der Waals surface area contributed by atoms with E-state index in [-0.39, 0.29) is 22.5 Å². The lowest BCUT2D eigenvalue weighted by Gasteiger charge is -2.40. The number of anilines is 3. The van der Waals surface area contributed by atoms with E-state index >= 15 is 0 Å². The molecule has 1 aliphatic heterocycles. The summed E-state index contributed by atoms with van der Waals surface area (Å²) in [6.45, 7) is 2.70. The number of nitrogens with one attached hydrogen (secondary N) is 1. The summed E-state index contributed by atoms with van der Waals surface area (Å²) in [7, 11) is 0. The number of piperazine rings is 1. The third-order valence-corrected chi connectivity index (χ3v) is 7.24. The summed E-state index contributed by atoms with van der Waals surface area (Å²) >= 11 is 0. The number of nitrogens with zero attached hydrogens (tertiary/aromatic N) is 5. The molecule has 1 aromatic heterocycles. The summed E-state index contributed by atoms with van der Waals surface area (Å²) in [5.41, 5.74) is 3.11. The Hall–Kier alpha value is -4.82. The molecule has 194 valence electrons. The van der Waals surface area contributed by atoms with Gasteiger partial charge in [0.25, 0.3) is 0 Å². The van der Waals surface area contributed by atoms with E-state index in [1.165, 1.54) is 17.5 Å². The fourth-order valence-electron chi connectivity index (χ4n) is 5.40. The topological polar surface area (TPSA) is 87.4 Å². The van der Waals surface area contributed by atoms with Crippen LogP contribution in [0.2, 0.25) is 0 Å². The number of rotatable bonds is 7. The van der Waals surface area contributed by atoms with Gasteiger partial charge in [-0.1, -0.05) is 97.1 Å². The summed E-state index contributed by atoms with van der Waals surface area (Å²) in [6.07, 6.45) is 1.40. The van der Waals surface area contributed by atoms with Gasteiger partial charge in [0.2, 0.25) is 11.6 Å².